The van der Waals surface area contributed by atoms with E-state index in [-0.39, 0.29) is 6.61 Å². The van der Waals surface area contributed by atoms with Crippen LogP contribution in [0.1, 0.15) is 26.7 Å². The molecule has 0 fully saturated rings. The van der Waals surface area contributed by atoms with Crippen LogP contribution in [0.15, 0.2) is 0 Å². The minimum absolute atomic E-state index is 0.182. The third kappa shape index (κ3) is 5.85. The number of aliphatic carboxylic acids is 1. The zero-order valence-corrected chi connectivity index (χ0v) is 8.43. The zero-order valence-electron chi connectivity index (χ0n) is 8.43. The normalized spacial score (nSPS) is 12.1. The van der Waals surface area contributed by atoms with Crippen LogP contribution in [0.2, 0.25) is 0 Å². The number of carboxylic acid groups (broad SMARTS) is 1. The van der Waals surface area contributed by atoms with E-state index in [1.165, 1.54) is 0 Å². The summed E-state index contributed by atoms with van der Waals surface area (Å²) in [4.78, 5) is 10.6. The van der Waals surface area contributed by atoms with E-state index in [4.69, 9.17) is 5.11 Å². The zero-order chi connectivity index (χ0) is 11.2. The molecule has 0 aliphatic rings. The van der Waals surface area contributed by atoms with Crippen molar-refractivity contribution in [1.29, 1.82) is 0 Å². The van der Waals surface area contributed by atoms with Gasteiger partial charge in [0.05, 0.1) is 5.41 Å². The van der Waals surface area contributed by atoms with E-state index >= 15 is 0 Å². The summed E-state index contributed by atoms with van der Waals surface area (Å²) in [5, 5.41) is 8.73. The second-order valence-electron chi connectivity index (χ2n) is 3.76. The number of alkyl halides is 2. The summed E-state index contributed by atoms with van der Waals surface area (Å²) in [6.07, 6.45) is -1.56. The van der Waals surface area contributed by atoms with Gasteiger partial charge in [-0.3, -0.25) is 4.79 Å². The van der Waals surface area contributed by atoms with Crippen LogP contribution in [-0.4, -0.2) is 30.7 Å². The molecule has 84 valence electrons. The minimum Gasteiger partial charge on any atom is -0.481 e. The molecule has 0 saturated carbocycles. The molecule has 0 aromatic rings. The monoisotopic (exact) mass is 210 g/mol. The Morgan fingerprint density at radius 1 is 1.50 bits per heavy atom. The Balaban J connectivity index is 3.49. The number of ether oxygens (including phenoxy) is 1. The molecule has 0 rings (SSSR count). The Labute approximate surface area is 82.1 Å². The van der Waals surface area contributed by atoms with Gasteiger partial charge in [-0.1, -0.05) is 0 Å². The van der Waals surface area contributed by atoms with E-state index < -0.39 is 24.4 Å². The maximum atomic E-state index is 11.6. The lowest BCUT2D eigenvalue weighted by molar-refractivity contribution is -0.147. The van der Waals surface area contributed by atoms with Gasteiger partial charge in [0.1, 0.15) is 6.61 Å². The van der Waals surface area contributed by atoms with Crippen LogP contribution < -0.4 is 0 Å². The fourth-order valence-electron chi connectivity index (χ4n) is 0.896. The van der Waals surface area contributed by atoms with Gasteiger partial charge in [-0.15, -0.1) is 0 Å². The van der Waals surface area contributed by atoms with Crippen LogP contribution in [0, 0.1) is 5.41 Å². The SMILES string of the molecule is CC(C)(CCCOCC(F)F)C(=O)O. The van der Waals surface area contributed by atoms with Gasteiger partial charge < -0.3 is 9.84 Å². The standard InChI is InChI=1S/C9H16F2O3/c1-9(2,8(12)13)4-3-5-14-6-7(10)11/h7H,3-6H2,1-2H3,(H,12,13). The number of hydrogen-bond donors (Lipinski definition) is 1. The van der Waals surface area contributed by atoms with Gasteiger partial charge in [0, 0.05) is 6.61 Å². The Bertz CT molecular complexity index is 181. The maximum absolute atomic E-state index is 11.6. The largest absolute Gasteiger partial charge is 0.481 e. The third-order valence-corrected chi connectivity index (χ3v) is 1.91. The number of carboxylic acids is 1. The Morgan fingerprint density at radius 2 is 2.07 bits per heavy atom. The first-order valence-corrected chi connectivity index (χ1v) is 4.45. The summed E-state index contributed by atoms with van der Waals surface area (Å²) in [6, 6.07) is 0. The lowest BCUT2D eigenvalue weighted by atomic mass is 9.88. The van der Waals surface area contributed by atoms with Crippen molar-refractivity contribution < 1.29 is 23.4 Å². The van der Waals surface area contributed by atoms with E-state index in [1.54, 1.807) is 13.8 Å². The molecule has 3 nitrogen and oxygen atoms in total. The average molecular weight is 210 g/mol. The van der Waals surface area contributed by atoms with Crippen molar-refractivity contribution in [2.75, 3.05) is 13.2 Å². The van der Waals surface area contributed by atoms with Crippen LogP contribution in [0.5, 0.6) is 0 Å². The van der Waals surface area contributed by atoms with E-state index in [9.17, 15) is 13.6 Å². The molecule has 0 heterocycles. The van der Waals surface area contributed by atoms with Crippen molar-refractivity contribution in [3.8, 4) is 0 Å². The first-order chi connectivity index (χ1) is 6.36. The molecule has 0 spiro atoms. The van der Waals surface area contributed by atoms with Crippen molar-refractivity contribution in [2.24, 2.45) is 5.41 Å². The fourth-order valence-corrected chi connectivity index (χ4v) is 0.896. The second-order valence-corrected chi connectivity index (χ2v) is 3.76. The summed E-state index contributed by atoms with van der Waals surface area (Å²) >= 11 is 0. The topological polar surface area (TPSA) is 46.5 Å². The van der Waals surface area contributed by atoms with E-state index in [0.29, 0.717) is 12.8 Å². The van der Waals surface area contributed by atoms with Crippen LogP contribution in [-0.2, 0) is 9.53 Å². The molecule has 0 saturated heterocycles. The summed E-state index contributed by atoms with van der Waals surface area (Å²) in [5.41, 5.74) is -0.811. The van der Waals surface area contributed by atoms with Crippen LogP contribution in [0.3, 0.4) is 0 Å². The third-order valence-electron chi connectivity index (χ3n) is 1.91. The van der Waals surface area contributed by atoms with Gasteiger partial charge >= 0.3 is 5.97 Å². The first-order valence-electron chi connectivity index (χ1n) is 4.45. The molecule has 0 aromatic carbocycles. The molecule has 0 aliphatic heterocycles. The molecule has 0 atom stereocenters. The summed E-state index contributed by atoms with van der Waals surface area (Å²) < 4.78 is 27.8. The summed E-state index contributed by atoms with van der Waals surface area (Å²) in [7, 11) is 0. The Hall–Kier alpha value is -0.710. The molecule has 5 heteroatoms. The summed E-state index contributed by atoms with van der Waals surface area (Å²) in [5.74, 6) is -0.883. The molecular formula is C9H16F2O3. The predicted molar refractivity (Wildman–Crippen MR) is 47.5 cm³/mol. The highest BCUT2D eigenvalue weighted by molar-refractivity contribution is 5.73. The van der Waals surface area contributed by atoms with E-state index in [2.05, 4.69) is 4.74 Å². The predicted octanol–water partition coefficient (Wildman–Crippen LogP) is 2.16. The molecular weight excluding hydrogens is 194 g/mol. The number of hydrogen-bond acceptors (Lipinski definition) is 2. The van der Waals surface area contributed by atoms with E-state index in [1.807, 2.05) is 0 Å². The number of rotatable bonds is 7. The molecule has 0 bridgehead atoms. The van der Waals surface area contributed by atoms with Crippen molar-refractivity contribution in [3.05, 3.63) is 0 Å². The molecule has 0 aromatic heterocycles. The van der Waals surface area contributed by atoms with Gasteiger partial charge in [0.25, 0.3) is 6.43 Å². The molecule has 0 radical (unpaired) electrons. The maximum Gasteiger partial charge on any atom is 0.309 e. The van der Waals surface area contributed by atoms with Crippen LogP contribution in [0.25, 0.3) is 0 Å². The fraction of sp³-hybridized carbons (Fsp3) is 0.889. The lowest BCUT2D eigenvalue weighted by Crippen LogP contribution is -2.24. The van der Waals surface area contributed by atoms with E-state index in [0.717, 1.165) is 0 Å². The van der Waals surface area contributed by atoms with Gasteiger partial charge in [-0.25, -0.2) is 8.78 Å². The van der Waals surface area contributed by atoms with Crippen LogP contribution >= 0.6 is 0 Å². The minimum atomic E-state index is -2.46. The van der Waals surface area contributed by atoms with Gasteiger partial charge in [0.2, 0.25) is 0 Å². The highest BCUT2D eigenvalue weighted by atomic mass is 19.3. The van der Waals surface area contributed by atoms with Crippen molar-refractivity contribution in [3.63, 3.8) is 0 Å². The highest BCUT2D eigenvalue weighted by Gasteiger charge is 2.26. The van der Waals surface area contributed by atoms with Gasteiger partial charge in [0.15, 0.2) is 0 Å². The number of halogens is 2. The van der Waals surface area contributed by atoms with Gasteiger partial charge in [-0.05, 0) is 26.7 Å². The number of carbonyl (C=O) groups is 1. The molecule has 0 aliphatic carbocycles. The van der Waals surface area contributed by atoms with Crippen molar-refractivity contribution in [1.82, 2.24) is 0 Å². The average Bonchev–Trinajstić information content (AvgIpc) is 2.02. The highest BCUT2D eigenvalue weighted by Crippen LogP contribution is 2.22. The first kappa shape index (κ1) is 13.3. The molecule has 14 heavy (non-hydrogen) atoms. The Morgan fingerprint density at radius 3 is 2.50 bits per heavy atom. The summed E-state index contributed by atoms with van der Waals surface area (Å²) in [6.45, 7) is 2.81. The molecule has 1 N–H and O–H groups in total. The van der Waals surface area contributed by atoms with Crippen molar-refractivity contribution in [2.45, 2.75) is 33.1 Å². The van der Waals surface area contributed by atoms with Crippen LogP contribution in [0.4, 0.5) is 8.78 Å². The molecule has 0 unspecified atom stereocenters. The Kier molecular flexibility index (Phi) is 5.60. The van der Waals surface area contributed by atoms with Gasteiger partial charge in [-0.2, -0.15) is 0 Å². The van der Waals surface area contributed by atoms with Crippen molar-refractivity contribution >= 4 is 5.97 Å². The second kappa shape index (κ2) is 5.90. The quantitative estimate of drug-likeness (QED) is 0.655. The molecule has 0 amide bonds. The smallest absolute Gasteiger partial charge is 0.309 e. The lowest BCUT2D eigenvalue weighted by Gasteiger charge is -2.18.